The molecule has 1 aromatic carbocycles. The monoisotopic (exact) mass is 244 g/mol. The summed E-state index contributed by atoms with van der Waals surface area (Å²) in [5.74, 6) is 0.301. The SMILES string of the molecule is CCCCn1nc(C)c(O)c1-c1ccc(C)cc1. The predicted molar refractivity (Wildman–Crippen MR) is 73.7 cm³/mol. The maximum Gasteiger partial charge on any atom is 0.164 e. The van der Waals surface area contributed by atoms with Crippen LogP contribution in [0.1, 0.15) is 31.0 Å². The van der Waals surface area contributed by atoms with E-state index in [0.29, 0.717) is 11.4 Å². The lowest BCUT2D eigenvalue weighted by atomic mass is 10.1. The van der Waals surface area contributed by atoms with Gasteiger partial charge in [-0.15, -0.1) is 0 Å². The average molecular weight is 244 g/mol. The summed E-state index contributed by atoms with van der Waals surface area (Å²) >= 11 is 0. The Balaban J connectivity index is 2.44. The fourth-order valence-corrected chi connectivity index (χ4v) is 2.04. The van der Waals surface area contributed by atoms with E-state index in [9.17, 15) is 5.11 Å². The lowest BCUT2D eigenvalue weighted by molar-refractivity contribution is 0.472. The fraction of sp³-hybridized carbons (Fsp3) is 0.400. The summed E-state index contributed by atoms with van der Waals surface area (Å²) in [5, 5.41) is 14.6. The van der Waals surface area contributed by atoms with Crippen molar-refractivity contribution in [1.29, 1.82) is 0 Å². The quantitative estimate of drug-likeness (QED) is 0.891. The van der Waals surface area contributed by atoms with Gasteiger partial charge in [0.05, 0.1) is 0 Å². The van der Waals surface area contributed by atoms with Crippen LogP contribution in [-0.4, -0.2) is 14.9 Å². The number of hydrogen-bond donors (Lipinski definition) is 1. The van der Waals surface area contributed by atoms with Crippen LogP contribution in [0.3, 0.4) is 0 Å². The molecule has 0 amide bonds. The molecule has 18 heavy (non-hydrogen) atoms. The third-order valence-electron chi connectivity index (χ3n) is 3.14. The molecule has 2 rings (SSSR count). The van der Waals surface area contributed by atoms with Crippen LogP contribution < -0.4 is 0 Å². The molecule has 96 valence electrons. The first-order valence-electron chi connectivity index (χ1n) is 6.47. The second kappa shape index (κ2) is 5.25. The molecule has 0 aliphatic rings. The number of aromatic nitrogens is 2. The topological polar surface area (TPSA) is 38.0 Å². The summed E-state index contributed by atoms with van der Waals surface area (Å²) in [5.41, 5.74) is 3.77. The largest absolute Gasteiger partial charge is 0.504 e. The van der Waals surface area contributed by atoms with Crippen molar-refractivity contribution in [3.8, 4) is 17.0 Å². The maximum absolute atomic E-state index is 10.2. The summed E-state index contributed by atoms with van der Waals surface area (Å²) in [6.07, 6.45) is 2.19. The van der Waals surface area contributed by atoms with Gasteiger partial charge >= 0.3 is 0 Å². The number of nitrogens with zero attached hydrogens (tertiary/aromatic N) is 2. The molecular weight excluding hydrogens is 224 g/mol. The summed E-state index contributed by atoms with van der Waals surface area (Å²) < 4.78 is 1.92. The van der Waals surface area contributed by atoms with E-state index >= 15 is 0 Å². The van der Waals surface area contributed by atoms with Crippen molar-refractivity contribution in [3.05, 3.63) is 35.5 Å². The molecule has 0 radical (unpaired) electrons. The molecule has 0 fully saturated rings. The van der Waals surface area contributed by atoms with E-state index in [-0.39, 0.29) is 0 Å². The van der Waals surface area contributed by atoms with E-state index < -0.39 is 0 Å². The first-order valence-corrected chi connectivity index (χ1v) is 6.47. The molecule has 0 spiro atoms. The molecule has 0 aliphatic carbocycles. The molecule has 0 saturated heterocycles. The third kappa shape index (κ3) is 2.40. The molecule has 1 heterocycles. The normalized spacial score (nSPS) is 10.8. The van der Waals surface area contributed by atoms with Gasteiger partial charge in [-0.1, -0.05) is 43.2 Å². The highest BCUT2D eigenvalue weighted by Gasteiger charge is 2.15. The Morgan fingerprint density at radius 3 is 2.44 bits per heavy atom. The van der Waals surface area contributed by atoms with E-state index in [1.165, 1.54) is 5.56 Å². The van der Waals surface area contributed by atoms with Crippen molar-refractivity contribution < 1.29 is 5.11 Å². The number of rotatable bonds is 4. The van der Waals surface area contributed by atoms with Crippen molar-refractivity contribution >= 4 is 0 Å². The van der Waals surface area contributed by atoms with Gasteiger partial charge in [-0.3, -0.25) is 4.68 Å². The lowest BCUT2D eigenvalue weighted by Gasteiger charge is -2.07. The Hall–Kier alpha value is -1.77. The van der Waals surface area contributed by atoms with Crippen LogP contribution in [0.15, 0.2) is 24.3 Å². The first kappa shape index (κ1) is 12.7. The summed E-state index contributed by atoms with van der Waals surface area (Å²) in [7, 11) is 0. The first-order chi connectivity index (χ1) is 8.63. The highest BCUT2D eigenvalue weighted by Crippen LogP contribution is 2.32. The maximum atomic E-state index is 10.2. The minimum absolute atomic E-state index is 0.301. The molecule has 0 aliphatic heterocycles. The van der Waals surface area contributed by atoms with Crippen LogP contribution in [-0.2, 0) is 6.54 Å². The minimum atomic E-state index is 0.301. The fourth-order valence-electron chi connectivity index (χ4n) is 2.04. The molecule has 0 saturated carbocycles. The van der Waals surface area contributed by atoms with E-state index in [4.69, 9.17) is 0 Å². The number of benzene rings is 1. The highest BCUT2D eigenvalue weighted by molar-refractivity contribution is 5.67. The molecular formula is C15H20N2O. The van der Waals surface area contributed by atoms with Crippen LogP contribution in [0.4, 0.5) is 0 Å². The summed E-state index contributed by atoms with van der Waals surface area (Å²) in [4.78, 5) is 0. The molecule has 0 atom stereocenters. The van der Waals surface area contributed by atoms with E-state index in [1.54, 1.807) is 0 Å². The third-order valence-corrected chi connectivity index (χ3v) is 3.14. The van der Waals surface area contributed by atoms with Crippen LogP contribution >= 0.6 is 0 Å². The lowest BCUT2D eigenvalue weighted by Crippen LogP contribution is -2.02. The van der Waals surface area contributed by atoms with Gasteiger partial charge < -0.3 is 5.11 Å². The van der Waals surface area contributed by atoms with Crippen molar-refractivity contribution in [3.63, 3.8) is 0 Å². The van der Waals surface area contributed by atoms with Gasteiger partial charge in [0.15, 0.2) is 5.75 Å². The minimum Gasteiger partial charge on any atom is -0.504 e. The number of aryl methyl sites for hydroxylation is 3. The predicted octanol–water partition coefficient (Wildman–Crippen LogP) is 3.67. The standard InChI is InChI=1S/C15H20N2O/c1-4-5-10-17-14(15(18)12(3)16-17)13-8-6-11(2)7-9-13/h6-9,18H,4-5,10H2,1-3H3. The van der Waals surface area contributed by atoms with Gasteiger partial charge in [0.2, 0.25) is 0 Å². The molecule has 3 nitrogen and oxygen atoms in total. The van der Waals surface area contributed by atoms with Gasteiger partial charge in [-0.2, -0.15) is 5.10 Å². The van der Waals surface area contributed by atoms with Crippen LogP contribution in [0.2, 0.25) is 0 Å². The Morgan fingerprint density at radius 2 is 1.83 bits per heavy atom. The van der Waals surface area contributed by atoms with Crippen LogP contribution in [0, 0.1) is 13.8 Å². The number of unbranched alkanes of at least 4 members (excludes halogenated alkanes) is 1. The number of aromatic hydroxyl groups is 1. The summed E-state index contributed by atoms with van der Waals surface area (Å²) in [6, 6.07) is 8.18. The van der Waals surface area contributed by atoms with Crippen molar-refractivity contribution in [2.75, 3.05) is 0 Å². The average Bonchev–Trinajstić information content (AvgIpc) is 2.64. The van der Waals surface area contributed by atoms with Crippen LogP contribution in [0.25, 0.3) is 11.3 Å². The van der Waals surface area contributed by atoms with Gasteiger partial charge in [-0.05, 0) is 20.3 Å². The molecule has 1 aromatic heterocycles. The Bertz CT molecular complexity index is 526. The van der Waals surface area contributed by atoms with Crippen molar-refractivity contribution in [1.82, 2.24) is 9.78 Å². The second-order valence-electron chi connectivity index (χ2n) is 4.73. The van der Waals surface area contributed by atoms with Crippen molar-refractivity contribution in [2.45, 2.75) is 40.2 Å². The van der Waals surface area contributed by atoms with E-state index in [2.05, 4.69) is 31.1 Å². The number of hydrogen-bond acceptors (Lipinski definition) is 2. The van der Waals surface area contributed by atoms with E-state index in [0.717, 1.165) is 30.6 Å². The Kier molecular flexibility index (Phi) is 3.70. The Labute approximate surface area is 108 Å². The van der Waals surface area contributed by atoms with Gasteiger partial charge in [0.1, 0.15) is 11.4 Å². The van der Waals surface area contributed by atoms with Gasteiger partial charge in [-0.25, -0.2) is 0 Å². The van der Waals surface area contributed by atoms with Crippen LogP contribution in [0.5, 0.6) is 5.75 Å². The smallest absolute Gasteiger partial charge is 0.164 e. The zero-order valence-electron chi connectivity index (χ0n) is 11.3. The zero-order valence-corrected chi connectivity index (χ0v) is 11.3. The highest BCUT2D eigenvalue weighted by atomic mass is 16.3. The molecule has 0 bridgehead atoms. The van der Waals surface area contributed by atoms with Gasteiger partial charge in [0.25, 0.3) is 0 Å². The zero-order chi connectivity index (χ0) is 13.1. The van der Waals surface area contributed by atoms with Gasteiger partial charge in [0, 0.05) is 12.1 Å². The molecule has 2 aromatic rings. The molecule has 3 heteroatoms. The molecule has 0 unspecified atom stereocenters. The summed E-state index contributed by atoms with van der Waals surface area (Å²) in [6.45, 7) is 6.90. The van der Waals surface area contributed by atoms with Crippen molar-refractivity contribution in [2.24, 2.45) is 0 Å². The second-order valence-corrected chi connectivity index (χ2v) is 4.73. The Morgan fingerprint density at radius 1 is 1.17 bits per heavy atom. The van der Waals surface area contributed by atoms with E-state index in [1.807, 2.05) is 23.7 Å². The molecule has 1 N–H and O–H groups in total.